The minimum absolute atomic E-state index is 0.234. The average Bonchev–Trinajstić information content (AvgIpc) is 1.90. The summed E-state index contributed by atoms with van der Waals surface area (Å²) in [6, 6.07) is 1.79. The molecule has 0 aromatic carbocycles. The number of hydrogen-bond acceptors (Lipinski definition) is 3. The Morgan fingerprint density at radius 2 is 2.44 bits per heavy atom. The van der Waals surface area contributed by atoms with Crippen LogP contribution in [-0.2, 0) is 4.74 Å². The summed E-state index contributed by atoms with van der Waals surface area (Å²) in [4.78, 5) is 0. The predicted octanol–water partition coefficient (Wildman–Crippen LogP) is 0.987. The number of aliphatic hydroxyl groups excluding tert-OH is 1. The molecule has 0 aromatic heterocycles. The van der Waals surface area contributed by atoms with Crippen molar-refractivity contribution in [3.8, 4) is 6.07 Å². The minimum atomic E-state index is -0.319. The van der Waals surface area contributed by atoms with Gasteiger partial charge in [0.05, 0.1) is 17.9 Å². The van der Waals surface area contributed by atoms with Gasteiger partial charge in [0, 0.05) is 7.11 Å². The van der Waals surface area contributed by atoms with Gasteiger partial charge in [-0.25, -0.2) is 0 Å². The third-order valence-electron chi connectivity index (χ3n) is 1.06. The van der Waals surface area contributed by atoms with Crippen LogP contribution in [0, 0.1) is 11.3 Å². The molecule has 0 spiro atoms. The largest absolute Gasteiger partial charge is 0.514 e. The van der Waals surface area contributed by atoms with Crippen molar-refractivity contribution in [1.82, 2.24) is 0 Å². The van der Waals surface area contributed by atoms with Crippen molar-refractivity contribution in [3.05, 3.63) is 11.8 Å². The molecule has 0 aliphatic rings. The Balaban J connectivity index is 4.01. The second-order valence-corrected chi connectivity index (χ2v) is 1.57. The van der Waals surface area contributed by atoms with Gasteiger partial charge >= 0.3 is 0 Å². The Hall–Kier alpha value is -1.01. The van der Waals surface area contributed by atoms with Crippen molar-refractivity contribution < 1.29 is 9.84 Å². The van der Waals surface area contributed by atoms with E-state index in [9.17, 15) is 0 Å². The SMILES string of the molecule is COC(C)/C(C#N)=C/O. The van der Waals surface area contributed by atoms with Crippen LogP contribution in [0.1, 0.15) is 6.92 Å². The van der Waals surface area contributed by atoms with Gasteiger partial charge in [0.2, 0.25) is 0 Å². The lowest BCUT2D eigenvalue weighted by molar-refractivity contribution is 0.148. The monoisotopic (exact) mass is 127 g/mol. The molecule has 0 amide bonds. The van der Waals surface area contributed by atoms with Crippen LogP contribution in [0.25, 0.3) is 0 Å². The van der Waals surface area contributed by atoms with Gasteiger partial charge in [-0.15, -0.1) is 0 Å². The molecular formula is C6H9NO2. The first-order valence-electron chi connectivity index (χ1n) is 2.53. The Morgan fingerprint density at radius 3 is 2.56 bits per heavy atom. The molecule has 3 nitrogen and oxygen atoms in total. The molecule has 0 bridgehead atoms. The van der Waals surface area contributed by atoms with Crippen LogP contribution >= 0.6 is 0 Å². The molecule has 0 fully saturated rings. The normalized spacial score (nSPS) is 14.6. The number of hydrogen-bond donors (Lipinski definition) is 1. The molecule has 9 heavy (non-hydrogen) atoms. The van der Waals surface area contributed by atoms with E-state index >= 15 is 0 Å². The van der Waals surface area contributed by atoms with E-state index in [0.29, 0.717) is 0 Å². The van der Waals surface area contributed by atoms with E-state index in [1.165, 1.54) is 7.11 Å². The zero-order valence-corrected chi connectivity index (χ0v) is 5.46. The summed E-state index contributed by atoms with van der Waals surface area (Å²) in [5.74, 6) is 0. The summed E-state index contributed by atoms with van der Waals surface area (Å²) in [7, 11) is 1.48. The van der Waals surface area contributed by atoms with Gasteiger partial charge in [-0.2, -0.15) is 5.26 Å². The molecule has 3 heteroatoms. The Bertz CT molecular complexity index is 146. The van der Waals surface area contributed by atoms with Crippen LogP contribution in [0.2, 0.25) is 0 Å². The fourth-order valence-corrected chi connectivity index (χ4v) is 0.352. The number of nitriles is 1. The van der Waals surface area contributed by atoms with Crippen LogP contribution in [0.4, 0.5) is 0 Å². The highest BCUT2D eigenvalue weighted by molar-refractivity contribution is 5.21. The molecule has 0 aliphatic carbocycles. The topological polar surface area (TPSA) is 53.2 Å². The third kappa shape index (κ3) is 2.15. The standard InChI is InChI=1S/C6H9NO2/c1-5(9-2)6(3-7)4-8/h4-5,8H,1-2H3/b6-4+. The minimum Gasteiger partial charge on any atom is -0.514 e. The predicted molar refractivity (Wildman–Crippen MR) is 32.8 cm³/mol. The lowest BCUT2D eigenvalue weighted by Gasteiger charge is -2.04. The smallest absolute Gasteiger partial charge is 0.101 e. The third-order valence-corrected chi connectivity index (χ3v) is 1.06. The second-order valence-electron chi connectivity index (χ2n) is 1.57. The van der Waals surface area contributed by atoms with Gasteiger partial charge in [0.15, 0.2) is 0 Å². The molecule has 0 saturated carbocycles. The molecule has 0 rings (SSSR count). The van der Waals surface area contributed by atoms with Gasteiger partial charge in [-0.05, 0) is 6.92 Å². The van der Waals surface area contributed by atoms with Gasteiger partial charge < -0.3 is 9.84 Å². The summed E-state index contributed by atoms with van der Waals surface area (Å²) in [5, 5.41) is 16.6. The molecule has 50 valence electrons. The molecule has 0 saturated heterocycles. The van der Waals surface area contributed by atoms with E-state index in [1.54, 1.807) is 13.0 Å². The summed E-state index contributed by atoms with van der Waals surface area (Å²) >= 11 is 0. The Kier molecular flexibility index (Phi) is 3.49. The summed E-state index contributed by atoms with van der Waals surface area (Å²) in [6.07, 6.45) is 0.439. The molecule has 0 radical (unpaired) electrons. The first-order valence-corrected chi connectivity index (χ1v) is 2.53. The van der Waals surface area contributed by atoms with Crippen LogP contribution < -0.4 is 0 Å². The van der Waals surface area contributed by atoms with Crippen molar-refractivity contribution in [1.29, 1.82) is 5.26 Å². The van der Waals surface area contributed by atoms with Gasteiger partial charge in [0.1, 0.15) is 6.07 Å². The Morgan fingerprint density at radius 1 is 1.89 bits per heavy atom. The molecule has 1 atom stereocenters. The van der Waals surface area contributed by atoms with Gasteiger partial charge in [0.25, 0.3) is 0 Å². The quantitative estimate of drug-likeness (QED) is 0.444. The summed E-state index contributed by atoms with van der Waals surface area (Å²) < 4.78 is 4.74. The zero-order valence-electron chi connectivity index (χ0n) is 5.46. The lowest BCUT2D eigenvalue weighted by atomic mass is 10.2. The van der Waals surface area contributed by atoms with E-state index in [2.05, 4.69) is 0 Å². The van der Waals surface area contributed by atoms with E-state index in [-0.39, 0.29) is 11.7 Å². The molecule has 1 unspecified atom stereocenters. The van der Waals surface area contributed by atoms with E-state index in [0.717, 1.165) is 6.26 Å². The first kappa shape index (κ1) is 7.99. The number of nitrogens with zero attached hydrogens (tertiary/aromatic N) is 1. The lowest BCUT2D eigenvalue weighted by Crippen LogP contribution is -2.06. The summed E-state index contributed by atoms with van der Waals surface area (Å²) in [6.45, 7) is 1.69. The zero-order chi connectivity index (χ0) is 7.28. The number of rotatable bonds is 2. The van der Waals surface area contributed by atoms with Crippen LogP contribution in [0.15, 0.2) is 11.8 Å². The summed E-state index contributed by atoms with van der Waals surface area (Å²) in [5.41, 5.74) is 0.234. The fourth-order valence-electron chi connectivity index (χ4n) is 0.352. The highest BCUT2D eigenvalue weighted by Gasteiger charge is 2.04. The number of methoxy groups -OCH3 is 1. The molecule has 0 heterocycles. The van der Waals surface area contributed by atoms with Crippen molar-refractivity contribution in [2.75, 3.05) is 7.11 Å². The Labute approximate surface area is 54.2 Å². The van der Waals surface area contributed by atoms with E-state index < -0.39 is 0 Å². The van der Waals surface area contributed by atoms with Gasteiger partial charge in [-0.3, -0.25) is 0 Å². The highest BCUT2D eigenvalue weighted by atomic mass is 16.5. The van der Waals surface area contributed by atoms with E-state index in [1.807, 2.05) is 0 Å². The molecule has 1 N–H and O–H groups in total. The first-order chi connectivity index (χ1) is 4.26. The van der Waals surface area contributed by atoms with Crippen molar-refractivity contribution in [2.24, 2.45) is 0 Å². The maximum Gasteiger partial charge on any atom is 0.101 e. The van der Waals surface area contributed by atoms with E-state index in [4.69, 9.17) is 15.1 Å². The number of aliphatic hydroxyl groups is 1. The van der Waals surface area contributed by atoms with Crippen molar-refractivity contribution in [3.63, 3.8) is 0 Å². The highest BCUT2D eigenvalue weighted by Crippen LogP contribution is 2.01. The molecule has 0 aliphatic heterocycles. The van der Waals surface area contributed by atoms with Crippen LogP contribution in [0.3, 0.4) is 0 Å². The average molecular weight is 127 g/mol. The maximum atomic E-state index is 8.36. The van der Waals surface area contributed by atoms with Gasteiger partial charge in [-0.1, -0.05) is 0 Å². The fraction of sp³-hybridized carbons (Fsp3) is 0.500. The second kappa shape index (κ2) is 3.93. The molecular weight excluding hydrogens is 118 g/mol. The maximum absolute atomic E-state index is 8.36. The van der Waals surface area contributed by atoms with Crippen molar-refractivity contribution in [2.45, 2.75) is 13.0 Å². The van der Waals surface area contributed by atoms with Crippen LogP contribution in [0.5, 0.6) is 0 Å². The van der Waals surface area contributed by atoms with Crippen LogP contribution in [-0.4, -0.2) is 18.3 Å². The molecule has 0 aromatic rings. The number of ether oxygens (including phenoxy) is 1. The van der Waals surface area contributed by atoms with Crippen molar-refractivity contribution >= 4 is 0 Å².